The van der Waals surface area contributed by atoms with E-state index in [0.29, 0.717) is 0 Å². The summed E-state index contributed by atoms with van der Waals surface area (Å²) < 4.78 is 27.9. The maximum atomic E-state index is 11.8. The molecule has 0 saturated carbocycles. The van der Waals surface area contributed by atoms with Crippen molar-refractivity contribution in [2.24, 2.45) is 11.8 Å². The Labute approximate surface area is 116 Å². The van der Waals surface area contributed by atoms with E-state index in [9.17, 15) is 27.6 Å². The highest BCUT2D eigenvalue weighted by molar-refractivity contribution is 7.91. The van der Waals surface area contributed by atoms with E-state index in [1.165, 1.54) is 0 Å². The van der Waals surface area contributed by atoms with Crippen LogP contribution in [0.2, 0.25) is 0 Å². The second-order valence-corrected chi connectivity index (χ2v) is 6.42. The third-order valence-electron chi connectivity index (χ3n) is 2.61. The first kappa shape index (κ1) is 18.2. The predicted octanol–water partition coefficient (Wildman–Crippen LogP) is -0.931. The second kappa shape index (κ2) is 7.13. The lowest BCUT2D eigenvalue weighted by molar-refractivity contribution is -0.148. The zero-order chi connectivity index (χ0) is 16.1. The number of sulfone groups is 1. The summed E-state index contributed by atoms with van der Waals surface area (Å²) in [5.41, 5.74) is 0. The molecule has 0 spiro atoms. The number of aliphatic carboxylic acids is 1. The molecule has 0 aromatic heterocycles. The fourth-order valence-corrected chi connectivity index (χ4v) is 3.33. The smallest absolute Gasteiger partial charge is 0.317 e. The van der Waals surface area contributed by atoms with Crippen molar-refractivity contribution >= 4 is 33.3 Å². The summed E-state index contributed by atoms with van der Waals surface area (Å²) in [5.74, 6) is -9.20. The Morgan fingerprint density at radius 2 is 1.40 bits per heavy atom. The van der Waals surface area contributed by atoms with Crippen molar-refractivity contribution in [3.05, 3.63) is 0 Å². The third kappa shape index (κ3) is 5.47. The van der Waals surface area contributed by atoms with E-state index in [-0.39, 0.29) is 0 Å². The van der Waals surface area contributed by atoms with E-state index in [2.05, 4.69) is 4.74 Å². The molecule has 2 unspecified atom stereocenters. The van der Waals surface area contributed by atoms with Crippen LogP contribution in [0.15, 0.2) is 0 Å². The predicted molar refractivity (Wildman–Crippen MR) is 66.6 cm³/mol. The molecule has 114 valence electrons. The molecule has 0 saturated heterocycles. The number of esters is 1. The highest BCUT2D eigenvalue weighted by atomic mass is 32.2. The number of ether oxygens (including phenoxy) is 1. The Balaban J connectivity index is 5.15. The van der Waals surface area contributed by atoms with Crippen LogP contribution in [0.25, 0.3) is 0 Å². The molecular formula is C11H16O8S. The van der Waals surface area contributed by atoms with Gasteiger partial charge in [0.25, 0.3) is 0 Å². The number of carbonyl (C=O) groups is 4. The number of ketones is 2. The molecule has 9 heteroatoms. The molecule has 8 nitrogen and oxygen atoms in total. The van der Waals surface area contributed by atoms with Gasteiger partial charge >= 0.3 is 11.9 Å². The standard InChI is InChI=1S/C11H16O8S/c1-6(12)8(10(14)15)4-20(17,18)5-9(7(2)13)11(16)19-3/h8-9H,4-5H2,1-3H3,(H,14,15). The van der Waals surface area contributed by atoms with Crippen molar-refractivity contribution in [3.8, 4) is 0 Å². The largest absolute Gasteiger partial charge is 0.481 e. The normalized spacial score (nSPS) is 14.2. The van der Waals surface area contributed by atoms with Gasteiger partial charge in [-0.25, -0.2) is 8.42 Å². The van der Waals surface area contributed by atoms with Crippen LogP contribution in [0.3, 0.4) is 0 Å². The Morgan fingerprint density at radius 3 is 1.70 bits per heavy atom. The molecule has 0 bridgehead atoms. The highest BCUT2D eigenvalue weighted by Crippen LogP contribution is 2.11. The Hall–Kier alpha value is -1.77. The monoisotopic (exact) mass is 308 g/mol. The number of hydrogen-bond acceptors (Lipinski definition) is 7. The van der Waals surface area contributed by atoms with Gasteiger partial charge in [0, 0.05) is 0 Å². The van der Waals surface area contributed by atoms with Crippen LogP contribution in [0.5, 0.6) is 0 Å². The van der Waals surface area contributed by atoms with Gasteiger partial charge in [0.1, 0.15) is 23.4 Å². The van der Waals surface area contributed by atoms with Crippen molar-refractivity contribution < 1.29 is 37.4 Å². The minimum Gasteiger partial charge on any atom is -0.481 e. The number of carbonyl (C=O) groups excluding carboxylic acids is 3. The number of Topliss-reactive ketones (excluding diaryl/α,β-unsaturated/α-hetero) is 2. The number of rotatable bonds is 8. The second-order valence-electron chi connectivity index (χ2n) is 4.26. The van der Waals surface area contributed by atoms with Gasteiger partial charge < -0.3 is 9.84 Å². The van der Waals surface area contributed by atoms with E-state index in [4.69, 9.17) is 5.11 Å². The molecule has 0 rings (SSSR count). The number of carboxylic acid groups (broad SMARTS) is 1. The maximum absolute atomic E-state index is 11.8. The lowest BCUT2D eigenvalue weighted by Crippen LogP contribution is -2.36. The van der Waals surface area contributed by atoms with Gasteiger partial charge in [0.05, 0.1) is 18.6 Å². The van der Waals surface area contributed by atoms with Crippen LogP contribution < -0.4 is 0 Å². The van der Waals surface area contributed by atoms with E-state index in [1.54, 1.807) is 0 Å². The summed E-state index contributed by atoms with van der Waals surface area (Å²) in [6, 6.07) is 0. The Bertz CT molecular complexity index is 505. The fraction of sp³-hybridized carbons (Fsp3) is 0.636. The summed E-state index contributed by atoms with van der Waals surface area (Å²) in [4.78, 5) is 44.4. The van der Waals surface area contributed by atoms with Gasteiger partial charge in [-0.1, -0.05) is 0 Å². The molecule has 0 radical (unpaired) electrons. The molecule has 0 aromatic rings. The molecule has 0 aliphatic heterocycles. The van der Waals surface area contributed by atoms with Gasteiger partial charge in [-0.3, -0.25) is 19.2 Å². The molecule has 0 amide bonds. The van der Waals surface area contributed by atoms with Crippen LogP contribution in [0, 0.1) is 11.8 Å². The molecule has 0 heterocycles. The first-order chi connectivity index (χ1) is 9.01. The van der Waals surface area contributed by atoms with Crippen molar-refractivity contribution in [1.29, 1.82) is 0 Å². The fourth-order valence-electron chi connectivity index (χ4n) is 1.43. The van der Waals surface area contributed by atoms with Crippen LogP contribution in [0.4, 0.5) is 0 Å². The van der Waals surface area contributed by atoms with Gasteiger partial charge in [-0.2, -0.15) is 0 Å². The average Bonchev–Trinajstić information content (AvgIpc) is 2.31. The highest BCUT2D eigenvalue weighted by Gasteiger charge is 2.35. The van der Waals surface area contributed by atoms with E-state index in [1.807, 2.05) is 0 Å². The number of hydrogen-bond donors (Lipinski definition) is 1. The first-order valence-electron chi connectivity index (χ1n) is 5.53. The molecule has 0 aliphatic carbocycles. The van der Waals surface area contributed by atoms with Crippen molar-refractivity contribution in [2.75, 3.05) is 18.6 Å². The van der Waals surface area contributed by atoms with Crippen molar-refractivity contribution in [3.63, 3.8) is 0 Å². The Kier molecular flexibility index (Phi) is 6.50. The quantitative estimate of drug-likeness (QED) is 0.449. The summed E-state index contributed by atoms with van der Waals surface area (Å²) in [5, 5.41) is 8.76. The SMILES string of the molecule is COC(=O)C(CS(=O)(=O)CC(C(C)=O)C(=O)O)C(C)=O. The lowest BCUT2D eigenvalue weighted by atomic mass is 10.1. The van der Waals surface area contributed by atoms with Gasteiger partial charge in [-0.15, -0.1) is 0 Å². The summed E-state index contributed by atoms with van der Waals surface area (Å²) in [6.45, 7) is 1.98. The van der Waals surface area contributed by atoms with Gasteiger partial charge in [0.2, 0.25) is 0 Å². The van der Waals surface area contributed by atoms with Crippen LogP contribution in [0.1, 0.15) is 13.8 Å². The number of methoxy groups -OCH3 is 1. The van der Waals surface area contributed by atoms with Crippen molar-refractivity contribution in [2.45, 2.75) is 13.8 Å². The minimum absolute atomic E-state index is 0.713. The van der Waals surface area contributed by atoms with E-state index in [0.717, 1.165) is 21.0 Å². The molecule has 0 fully saturated rings. The maximum Gasteiger partial charge on any atom is 0.317 e. The topological polar surface area (TPSA) is 132 Å². The molecule has 1 N–H and O–H groups in total. The molecule has 20 heavy (non-hydrogen) atoms. The lowest BCUT2D eigenvalue weighted by Gasteiger charge is -2.14. The Morgan fingerprint density at radius 1 is 1.00 bits per heavy atom. The van der Waals surface area contributed by atoms with Crippen LogP contribution >= 0.6 is 0 Å². The molecule has 0 aromatic carbocycles. The summed E-state index contributed by atoms with van der Waals surface area (Å²) >= 11 is 0. The van der Waals surface area contributed by atoms with Gasteiger partial charge in [-0.05, 0) is 13.8 Å². The molecule has 0 aliphatic rings. The average molecular weight is 308 g/mol. The summed E-state index contributed by atoms with van der Waals surface area (Å²) in [7, 11) is -3.09. The van der Waals surface area contributed by atoms with Crippen LogP contribution in [-0.4, -0.2) is 55.6 Å². The zero-order valence-corrected chi connectivity index (χ0v) is 12.1. The van der Waals surface area contributed by atoms with Crippen LogP contribution in [-0.2, 0) is 33.8 Å². The third-order valence-corrected chi connectivity index (χ3v) is 4.29. The molecular weight excluding hydrogens is 292 g/mol. The van der Waals surface area contributed by atoms with Gasteiger partial charge in [0.15, 0.2) is 9.84 Å². The van der Waals surface area contributed by atoms with Crippen molar-refractivity contribution in [1.82, 2.24) is 0 Å². The van der Waals surface area contributed by atoms with E-state index >= 15 is 0 Å². The minimum atomic E-state index is -4.09. The zero-order valence-electron chi connectivity index (χ0n) is 11.3. The number of carboxylic acids is 1. The first-order valence-corrected chi connectivity index (χ1v) is 7.36. The summed E-state index contributed by atoms with van der Waals surface area (Å²) in [6.07, 6.45) is 0. The molecule has 2 atom stereocenters. The van der Waals surface area contributed by atoms with E-state index < -0.39 is 56.7 Å².